The predicted octanol–water partition coefficient (Wildman–Crippen LogP) is 0.677. The van der Waals surface area contributed by atoms with Crippen molar-refractivity contribution in [2.24, 2.45) is 17.1 Å². The lowest BCUT2D eigenvalue weighted by Crippen LogP contribution is -2.43. The van der Waals surface area contributed by atoms with Crippen LogP contribution in [0.4, 0.5) is 0 Å². The molecule has 2 fully saturated rings. The Morgan fingerprint density at radius 3 is 2.83 bits per heavy atom. The first-order valence-electron chi connectivity index (χ1n) is 4.63. The Labute approximate surface area is 72.3 Å². The molecule has 12 heavy (non-hydrogen) atoms. The van der Waals surface area contributed by atoms with Gasteiger partial charge in [0.15, 0.2) is 0 Å². The molecule has 3 unspecified atom stereocenters. The van der Waals surface area contributed by atoms with Crippen molar-refractivity contribution in [1.82, 2.24) is 0 Å². The van der Waals surface area contributed by atoms with E-state index in [1.165, 1.54) is 0 Å². The van der Waals surface area contributed by atoms with Gasteiger partial charge in [-0.25, -0.2) is 0 Å². The summed E-state index contributed by atoms with van der Waals surface area (Å²) < 4.78 is 4.95. The van der Waals surface area contributed by atoms with Crippen molar-refractivity contribution in [3.8, 4) is 0 Å². The van der Waals surface area contributed by atoms with Gasteiger partial charge in [0.05, 0.1) is 12.5 Å². The van der Waals surface area contributed by atoms with Crippen LogP contribution < -0.4 is 5.73 Å². The molecule has 0 heterocycles. The average Bonchev–Trinajstić information content (AvgIpc) is 2.79. The topological polar surface area (TPSA) is 52.3 Å². The Bertz CT molecular complexity index is 217. The van der Waals surface area contributed by atoms with Gasteiger partial charge < -0.3 is 10.5 Å². The van der Waals surface area contributed by atoms with Crippen LogP contribution in [0.1, 0.15) is 26.2 Å². The minimum absolute atomic E-state index is 0.0346. The molecule has 2 aliphatic rings. The smallest absolute Gasteiger partial charge is 0.309 e. The molecule has 3 heteroatoms. The molecule has 0 aromatic heterocycles. The molecule has 0 aromatic carbocycles. The zero-order valence-corrected chi connectivity index (χ0v) is 7.38. The highest BCUT2D eigenvalue weighted by Crippen LogP contribution is 2.64. The summed E-state index contributed by atoms with van der Waals surface area (Å²) in [5.74, 6) is 0.0915. The Kier molecular flexibility index (Phi) is 1.65. The Balaban J connectivity index is 1.90. The highest BCUT2D eigenvalue weighted by atomic mass is 16.5. The molecule has 2 N–H and O–H groups in total. The van der Waals surface area contributed by atoms with E-state index >= 15 is 0 Å². The molecule has 68 valence electrons. The monoisotopic (exact) mass is 169 g/mol. The van der Waals surface area contributed by atoms with Gasteiger partial charge in [-0.05, 0) is 31.6 Å². The summed E-state index contributed by atoms with van der Waals surface area (Å²) in [4.78, 5) is 11.3. The molecule has 2 aliphatic carbocycles. The summed E-state index contributed by atoms with van der Waals surface area (Å²) in [7, 11) is 0. The minimum atomic E-state index is -0.0346. The standard InChI is InChI=1S/C9H15NO2/c1-2-12-8(11)6-5-9(6)4-3-7(9)10/h6-7H,2-5,10H2,1H3. The van der Waals surface area contributed by atoms with Crippen LogP contribution in [0.25, 0.3) is 0 Å². The maximum atomic E-state index is 11.3. The second kappa shape index (κ2) is 2.46. The van der Waals surface area contributed by atoms with Crippen molar-refractivity contribution in [2.45, 2.75) is 32.2 Å². The predicted molar refractivity (Wildman–Crippen MR) is 44.4 cm³/mol. The minimum Gasteiger partial charge on any atom is -0.466 e. The third kappa shape index (κ3) is 0.891. The van der Waals surface area contributed by atoms with Gasteiger partial charge in [-0.3, -0.25) is 4.79 Å². The van der Waals surface area contributed by atoms with E-state index in [0.29, 0.717) is 6.61 Å². The number of nitrogens with two attached hydrogens (primary N) is 1. The van der Waals surface area contributed by atoms with Crippen molar-refractivity contribution in [1.29, 1.82) is 0 Å². The fourth-order valence-electron chi connectivity index (χ4n) is 2.25. The number of hydrogen-bond donors (Lipinski definition) is 1. The van der Waals surface area contributed by atoms with Gasteiger partial charge in [0.25, 0.3) is 0 Å². The van der Waals surface area contributed by atoms with E-state index in [-0.39, 0.29) is 23.3 Å². The highest BCUT2D eigenvalue weighted by Gasteiger charge is 2.66. The number of carbonyl (C=O) groups excluding carboxylic acids is 1. The molecule has 0 saturated heterocycles. The fraction of sp³-hybridized carbons (Fsp3) is 0.889. The van der Waals surface area contributed by atoms with Crippen LogP contribution in [0.15, 0.2) is 0 Å². The van der Waals surface area contributed by atoms with Gasteiger partial charge in [-0.1, -0.05) is 0 Å². The van der Waals surface area contributed by atoms with Crippen LogP contribution in [0.3, 0.4) is 0 Å². The summed E-state index contributed by atoms with van der Waals surface area (Å²) in [6, 6.07) is 0.256. The molecule has 2 saturated carbocycles. The lowest BCUT2D eigenvalue weighted by molar-refractivity contribution is -0.146. The van der Waals surface area contributed by atoms with Crippen LogP contribution in [-0.4, -0.2) is 18.6 Å². The quantitative estimate of drug-likeness (QED) is 0.618. The average molecular weight is 169 g/mol. The van der Waals surface area contributed by atoms with Crippen LogP contribution in [-0.2, 0) is 9.53 Å². The third-order valence-electron chi connectivity index (χ3n) is 3.35. The highest BCUT2D eigenvalue weighted by molar-refractivity contribution is 5.77. The van der Waals surface area contributed by atoms with E-state index in [4.69, 9.17) is 10.5 Å². The second-order valence-electron chi connectivity index (χ2n) is 3.89. The van der Waals surface area contributed by atoms with Gasteiger partial charge in [-0.2, -0.15) is 0 Å². The van der Waals surface area contributed by atoms with Gasteiger partial charge in [-0.15, -0.1) is 0 Å². The first-order chi connectivity index (χ1) is 5.70. The molecule has 3 atom stereocenters. The molecule has 0 amide bonds. The summed E-state index contributed by atoms with van der Waals surface area (Å²) in [5, 5.41) is 0. The number of carbonyl (C=O) groups is 1. The summed E-state index contributed by atoms with van der Waals surface area (Å²) in [5.41, 5.74) is 6.01. The molecule has 2 rings (SSSR count). The lowest BCUT2D eigenvalue weighted by Gasteiger charge is -2.34. The van der Waals surface area contributed by atoms with E-state index in [1.807, 2.05) is 6.92 Å². The maximum Gasteiger partial charge on any atom is 0.309 e. The van der Waals surface area contributed by atoms with Crippen LogP contribution in [0, 0.1) is 11.3 Å². The van der Waals surface area contributed by atoms with E-state index in [0.717, 1.165) is 19.3 Å². The van der Waals surface area contributed by atoms with Gasteiger partial charge in [0.2, 0.25) is 0 Å². The van der Waals surface area contributed by atoms with E-state index in [2.05, 4.69) is 0 Å². The Morgan fingerprint density at radius 2 is 2.50 bits per heavy atom. The van der Waals surface area contributed by atoms with Gasteiger partial charge in [0.1, 0.15) is 0 Å². The van der Waals surface area contributed by atoms with E-state index < -0.39 is 0 Å². The summed E-state index contributed by atoms with van der Waals surface area (Å²) in [6.07, 6.45) is 3.17. The van der Waals surface area contributed by atoms with Crippen molar-refractivity contribution >= 4 is 5.97 Å². The molecule has 3 nitrogen and oxygen atoms in total. The first-order valence-corrected chi connectivity index (χ1v) is 4.63. The Morgan fingerprint density at radius 1 is 1.75 bits per heavy atom. The van der Waals surface area contributed by atoms with Gasteiger partial charge >= 0.3 is 5.97 Å². The third-order valence-corrected chi connectivity index (χ3v) is 3.35. The lowest BCUT2D eigenvalue weighted by atomic mass is 9.75. The Hall–Kier alpha value is -0.570. The van der Waals surface area contributed by atoms with Crippen molar-refractivity contribution in [3.05, 3.63) is 0 Å². The van der Waals surface area contributed by atoms with Crippen molar-refractivity contribution < 1.29 is 9.53 Å². The molecular weight excluding hydrogens is 154 g/mol. The molecule has 0 aromatic rings. The van der Waals surface area contributed by atoms with Gasteiger partial charge in [0, 0.05) is 6.04 Å². The number of ether oxygens (including phenoxy) is 1. The first kappa shape index (κ1) is 8.05. The van der Waals surface area contributed by atoms with E-state index in [9.17, 15) is 4.79 Å². The zero-order valence-electron chi connectivity index (χ0n) is 7.38. The number of hydrogen-bond acceptors (Lipinski definition) is 3. The normalized spacial score (nSPS) is 43.8. The summed E-state index contributed by atoms with van der Waals surface area (Å²) in [6.45, 7) is 2.33. The summed E-state index contributed by atoms with van der Waals surface area (Å²) >= 11 is 0. The van der Waals surface area contributed by atoms with Crippen LogP contribution in [0.5, 0.6) is 0 Å². The molecule has 1 spiro atoms. The van der Waals surface area contributed by atoms with Crippen LogP contribution in [0.2, 0.25) is 0 Å². The molecule has 0 radical (unpaired) electrons. The van der Waals surface area contributed by atoms with E-state index in [1.54, 1.807) is 0 Å². The largest absolute Gasteiger partial charge is 0.466 e. The second-order valence-corrected chi connectivity index (χ2v) is 3.89. The fourth-order valence-corrected chi connectivity index (χ4v) is 2.25. The maximum absolute atomic E-state index is 11.3. The molecule has 0 aliphatic heterocycles. The van der Waals surface area contributed by atoms with Crippen molar-refractivity contribution in [2.75, 3.05) is 6.61 Å². The van der Waals surface area contributed by atoms with Crippen LogP contribution >= 0.6 is 0 Å². The number of rotatable bonds is 2. The zero-order chi connectivity index (χ0) is 8.77. The van der Waals surface area contributed by atoms with Crippen molar-refractivity contribution in [3.63, 3.8) is 0 Å². The number of esters is 1. The SMILES string of the molecule is CCOC(=O)C1CC12CCC2N. The molecular formula is C9H15NO2. The molecule has 0 bridgehead atoms.